The van der Waals surface area contributed by atoms with Gasteiger partial charge in [-0.15, -0.1) is 0 Å². The summed E-state index contributed by atoms with van der Waals surface area (Å²) in [5, 5.41) is 2.15. The molecule has 0 atom stereocenters. The van der Waals surface area contributed by atoms with Gasteiger partial charge in [0.25, 0.3) is 0 Å². The van der Waals surface area contributed by atoms with Crippen LogP contribution in [0.5, 0.6) is 0 Å². The zero-order valence-electron chi connectivity index (χ0n) is 9.10. The first kappa shape index (κ1) is 15.0. The number of carbonyl (C=O) groups is 1. The van der Waals surface area contributed by atoms with Crippen molar-refractivity contribution in [1.82, 2.24) is 5.32 Å². The maximum atomic E-state index is 11.6. The number of amides is 1. The second-order valence-corrected chi connectivity index (χ2v) is 3.08. The van der Waals surface area contributed by atoms with Crippen LogP contribution in [0.15, 0.2) is 0 Å². The van der Waals surface area contributed by atoms with Crippen molar-refractivity contribution in [3.63, 3.8) is 0 Å². The number of alkyl carbamates (subject to hydrolysis) is 1. The van der Waals surface area contributed by atoms with Crippen LogP contribution in [0.1, 0.15) is 19.8 Å². The molecule has 0 radical (unpaired) electrons. The summed E-state index contributed by atoms with van der Waals surface area (Å²) in [6.07, 6.45) is -3.66. The summed E-state index contributed by atoms with van der Waals surface area (Å²) in [5.74, 6) is 0. The van der Waals surface area contributed by atoms with E-state index in [1.807, 2.05) is 6.92 Å². The number of hydrogen-bond donors (Lipinski definition) is 1. The number of carbonyl (C=O) groups excluding carboxylic acids is 1. The maximum Gasteiger partial charge on any atom is 0.422 e. The average Bonchev–Trinajstić information content (AvgIpc) is 2.19. The summed E-state index contributed by atoms with van der Waals surface area (Å²) < 4.78 is 43.8. The van der Waals surface area contributed by atoms with E-state index in [0.717, 1.165) is 12.8 Å². The highest BCUT2D eigenvalue weighted by molar-refractivity contribution is 5.67. The minimum atomic E-state index is -4.49. The van der Waals surface area contributed by atoms with Gasteiger partial charge in [0.05, 0.1) is 6.61 Å². The number of hydrogen-bond acceptors (Lipinski definition) is 3. The third kappa shape index (κ3) is 11.1. The molecular formula is C9H16F3NO3. The van der Waals surface area contributed by atoms with Crippen LogP contribution in [0.2, 0.25) is 0 Å². The van der Waals surface area contributed by atoms with Gasteiger partial charge in [-0.3, -0.25) is 0 Å². The highest BCUT2D eigenvalue weighted by atomic mass is 19.4. The number of unbranched alkanes of at least 4 members (excludes halogenated alkanes) is 1. The quantitative estimate of drug-likeness (QED) is 0.696. The van der Waals surface area contributed by atoms with Gasteiger partial charge >= 0.3 is 12.3 Å². The molecule has 0 spiro atoms. The number of halogens is 3. The average molecular weight is 243 g/mol. The SMILES string of the molecule is CCCCOCCNC(=O)OCC(F)(F)F. The Morgan fingerprint density at radius 3 is 2.56 bits per heavy atom. The normalized spacial score (nSPS) is 11.2. The fourth-order valence-electron chi connectivity index (χ4n) is 0.772. The second kappa shape index (κ2) is 8.20. The van der Waals surface area contributed by atoms with Crippen LogP contribution in [-0.4, -0.2) is 38.6 Å². The molecule has 0 unspecified atom stereocenters. The Kier molecular flexibility index (Phi) is 7.70. The van der Waals surface area contributed by atoms with Gasteiger partial charge in [0.15, 0.2) is 6.61 Å². The molecule has 0 heterocycles. The summed E-state index contributed by atoms with van der Waals surface area (Å²) in [7, 11) is 0. The molecule has 0 aliphatic carbocycles. The number of alkyl halides is 3. The summed E-state index contributed by atoms with van der Waals surface area (Å²) >= 11 is 0. The van der Waals surface area contributed by atoms with E-state index in [2.05, 4.69) is 10.1 Å². The van der Waals surface area contributed by atoms with Crippen molar-refractivity contribution in [2.24, 2.45) is 0 Å². The van der Waals surface area contributed by atoms with Crippen molar-refractivity contribution in [3.8, 4) is 0 Å². The van der Waals surface area contributed by atoms with Crippen molar-refractivity contribution in [2.75, 3.05) is 26.4 Å². The van der Waals surface area contributed by atoms with Crippen LogP contribution in [0.3, 0.4) is 0 Å². The topological polar surface area (TPSA) is 47.6 Å². The zero-order valence-corrected chi connectivity index (χ0v) is 9.10. The summed E-state index contributed by atoms with van der Waals surface area (Å²) in [5.41, 5.74) is 0. The standard InChI is InChI=1S/C9H16F3NO3/c1-2-3-5-15-6-4-13-8(14)16-7-9(10,11)12/h2-7H2,1H3,(H,13,14). The number of rotatable bonds is 7. The van der Waals surface area contributed by atoms with E-state index >= 15 is 0 Å². The molecule has 1 amide bonds. The van der Waals surface area contributed by atoms with Crippen molar-refractivity contribution >= 4 is 6.09 Å². The molecule has 0 aromatic heterocycles. The molecule has 0 bridgehead atoms. The Labute approximate surface area is 92.1 Å². The van der Waals surface area contributed by atoms with E-state index < -0.39 is 18.9 Å². The third-order valence-corrected chi connectivity index (χ3v) is 1.52. The lowest BCUT2D eigenvalue weighted by atomic mass is 10.4. The van der Waals surface area contributed by atoms with Gasteiger partial charge in [0.2, 0.25) is 0 Å². The first-order valence-corrected chi connectivity index (χ1v) is 5.01. The monoisotopic (exact) mass is 243 g/mol. The number of nitrogens with one attached hydrogen (secondary N) is 1. The van der Waals surface area contributed by atoms with Gasteiger partial charge in [0.1, 0.15) is 0 Å². The van der Waals surface area contributed by atoms with Gasteiger partial charge in [-0.1, -0.05) is 13.3 Å². The summed E-state index contributed by atoms with van der Waals surface area (Å²) in [4.78, 5) is 10.7. The van der Waals surface area contributed by atoms with E-state index in [4.69, 9.17) is 4.74 Å². The van der Waals surface area contributed by atoms with Gasteiger partial charge < -0.3 is 14.8 Å². The maximum absolute atomic E-state index is 11.6. The Hall–Kier alpha value is -0.980. The molecule has 0 saturated carbocycles. The highest BCUT2D eigenvalue weighted by Crippen LogP contribution is 2.14. The molecule has 0 aromatic carbocycles. The van der Waals surface area contributed by atoms with Crippen LogP contribution in [0.25, 0.3) is 0 Å². The molecule has 0 rings (SSSR count). The predicted molar refractivity (Wildman–Crippen MR) is 51.1 cm³/mol. The van der Waals surface area contributed by atoms with Crippen LogP contribution < -0.4 is 5.32 Å². The summed E-state index contributed by atoms with van der Waals surface area (Å²) in [6.45, 7) is 1.42. The van der Waals surface area contributed by atoms with Gasteiger partial charge in [-0.05, 0) is 6.42 Å². The molecule has 0 fully saturated rings. The molecule has 7 heteroatoms. The fourth-order valence-corrected chi connectivity index (χ4v) is 0.772. The molecule has 96 valence electrons. The zero-order chi connectivity index (χ0) is 12.4. The molecule has 0 saturated heterocycles. The molecule has 0 aliphatic rings. The van der Waals surface area contributed by atoms with E-state index in [9.17, 15) is 18.0 Å². The summed E-state index contributed by atoms with van der Waals surface area (Å²) in [6, 6.07) is 0. The Bertz CT molecular complexity index is 197. The van der Waals surface area contributed by atoms with E-state index in [1.54, 1.807) is 0 Å². The third-order valence-electron chi connectivity index (χ3n) is 1.52. The van der Waals surface area contributed by atoms with E-state index in [-0.39, 0.29) is 13.2 Å². The lowest BCUT2D eigenvalue weighted by Crippen LogP contribution is -2.31. The van der Waals surface area contributed by atoms with Crippen molar-refractivity contribution in [2.45, 2.75) is 25.9 Å². The van der Waals surface area contributed by atoms with Crippen molar-refractivity contribution < 1.29 is 27.4 Å². The largest absolute Gasteiger partial charge is 0.440 e. The van der Waals surface area contributed by atoms with Crippen LogP contribution in [0, 0.1) is 0 Å². The molecule has 0 aromatic rings. The second-order valence-electron chi connectivity index (χ2n) is 3.08. The lowest BCUT2D eigenvalue weighted by molar-refractivity contribution is -0.160. The minimum absolute atomic E-state index is 0.139. The Morgan fingerprint density at radius 1 is 1.31 bits per heavy atom. The van der Waals surface area contributed by atoms with Crippen molar-refractivity contribution in [1.29, 1.82) is 0 Å². The smallest absolute Gasteiger partial charge is 0.422 e. The van der Waals surface area contributed by atoms with Crippen LogP contribution in [-0.2, 0) is 9.47 Å². The molecular weight excluding hydrogens is 227 g/mol. The molecule has 1 N–H and O–H groups in total. The first-order valence-electron chi connectivity index (χ1n) is 5.01. The Morgan fingerprint density at radius 2 is 2.00 bits per heavy atom. The lowest BCUT2D eigenvalue weighted by Gasteiger charge is -2.09. The van der Waals surface area contributed by atoms with Crippen LogP contribution in [0.4, 0.5) is 18.0 Å². The minimum Gasteiger partial charge on any atom is -0.440 e. The van der Waals surface area contributed by atoms with Gasteiger partial charge in [-0.2, -0.15) is 13.2 Å². The van der Waals surface area contributed by atoms with Gasteiger partial charge in [-0.25, -0.2) is 4.79 Å². The van der Waals surface area contributed by atoms with E-state index in [1.165, 1.54) is 0 Å². The molecule has 0 aliphatic heterocycles. The van der Waals surface area contributed by atoms with Gasteiger partial charge in [0, 0.05) is 13.2 Å². The van der Waals surface area contributed by atoms with Crippen molar-refractivity contribution in [3.05, 3.63) is 0 Å². The molecule has 4 nitrogen and oxygen atoms in total. The van der Waals surface area contributed by atoms with E-state index in [0.29, 0.717) is 6.61 Å². The highest BCUT2D eigenvalue weighted by Gasteiger charge is 2.29. The number of ether oxygens (including phenoxy) is 2. The van der Waals surface area contributed by atoms with Crippen LogP contribution >= 0.6 is 0 Å². The molecule has 16 heavy (non-hydrogen) atoms. The first-order chi connectivity index (χ1) is 7.45. The fraction of sp³-hybridized carbons (Fsp3) is 0.889. The predicted octanol–water partition coefficient (Wildman–Crippen LogP) is 2.09. The Balaban J connectivity index is 3.31.